The molecule has 0 amide bonds. The van der Waals surface area contributed by atoms with Crippen molar-refractivity contribution in [3.8, 4) is 0 Å². The summed E-state index contributed by atoms with van der Waals surface area (Å²) in [5.41, 5.74) is 3.36. The molecule has 2 heterocycles. The van der Waals surface area contributed by atoms with Crippen molar-refractivity contribution in [1.29, 1.82) is 0 Å². The number of H-pyrrole nitrogens is 1. The molecule has 0 bridgehead atoms. The monoisotopic (exact) mass is 384 g/mol. The van der Waals surface area contributed by atoms with Crippen LogP contribution in [0.1, 0.15) is 27.9 Å². The number of carbonyl (C=O) groups excluding carboxylic acids is 1. The zero-order chi connectivity index (χ0) is 19.8. The van der Waals surface area contributed by atoms with Gasteiger partial charge in [-0.15, -0.1) is 0 Å². The van der Waals surface area contributed by atoms with E-state index in [1.165, 1.54) is 5.57 Å². The first-order valence-electron chi connectivity index (χ1n) is 9.08. The molecule has 1 aliphatic rings. The molecule has 0 radical (unpaired) electrons. The smallest absolute Gasteiger partial charge is 0.170 e. The number of aromatic amines is 1. The summed E-state index contributed by atoms with van der Waals surface area (Å²) in [6.45, 7) is 1.85. The molecule has 0 saturated carbocycles. The zero-order valence-electron chi connectivity index (χ0n) is 15.4. The van der Waals surface area contributed by atoms with Crippen molar-refractivity contribution in [2.45, 2.75) is 12.8 Å². The maximum absolute atomic E-state index is 13.9. The van der Waals surface area contributed by atoms with E-state index in [2.05, 4.69) is 23.0 Å². The second-order valence-electron chi connectivity index (χ2n) is 7.17. The van der Waals surface area contributed by atoms with E-state index in [4.69, 9.17) is 0 Å². The van der Waals surface area contributed by atoms with Crippen molar-refractivity contribution in [2.24, 2.45) is 0 Å². The maximum atomic E-state index is 13.9. The highest BCUT2D eigenvalue weighted by Gasteiger charge is 2.19. The van der Waals surface area contributed by atoms with Crippen molar-refractivity contribution in [3.63, 3.8) is 0 Å². The minimum Gasteiger partial charge on any atom is -0.361 e. The van der Waals surface area contributed by atoms with Gasteiger partial charge in [0, 0.05) is 48.2 Å². The fourth-order valence-corrected chi connectivity index (χ4v) is 3.60. The number of halogens is 3. The summed E-state index contributed by atoms with van der Waals surface area (Å²) in [5.74, 6) is -4.31. The molecule has 28 heavy (non-hydrogen) atoms. The molecule has 1 aliphatic heterocycles. The SMILES string of the molecule is CN1CC=C(c2c[nH]c3ccc(CC(=O)c4cc(F)cc(F)c4F)cc23)CC1. The summed E-state index contributed by atoms with van der Waals surface area (Å²) in [4.78, 5) is 17.9. The molecule has 1 aromatic heterocycles. The molecule has 1 N–H and O–H groups in total. The van der Waals surface area contributed by atoms with E-state index < -0.39 is 28.8 Å². The summed E-state index contributed by atoms with van der Waals surface area (Å²) in [6, 6.07) is 6.67. The second-order valence-corrected chi connectivity index (χ2v) is 7.17. The number of hydrogen-bond donors (Lipinski definition) is 1. The van der Waals surface area contributed by atoms with Crippen LogP contribution in [0, 0.1) is 17.5 Å². The Hall–Kier alpha value is -2.86. The molecule has 0 spiro atoms. The van der Waals surface area contributed by atoms with E-state index in [0.717, 1.165) is 42.0 Å². The predicted octanol–water partition coefficient (Wildman–Crippen LogP) is 4.73. The molecule has 2 aromatic carbocycles. The number of nitrogens with zero attached hydrogens (tertiary/aromatic N) is 1. The Labute approximate surface area is 160 Å². The lowest BCUT2D eigenvalue weighted by Gasteiger charge is -2.21. The number of Topliss-reactive ketones (excluding diaryl/α,β-unsaturated/α-hetero) is 1. The Morgan fingerprint density at radius 1 is 1.18 bits per heavy atom. The van der Waals surface area contributed by atoms with Gasteiger partial charge in [-0.1, -0.05) is 12.1 Å². The van der Waals surface area contributed by atoms with Crippen molar-refractivity contribution < 1.29 is 18.0 Å². The van der Waals surface area contributed by atoms with Gasteiger partial charge in [-0.25, -0.2) is 13.2 Å². The minimum atomic E-state index is -1.36. The first kappa shape index (κ1) is 18.5. The number of likely N-dealkylation sites (N-methyl/N-ethyl adjacent to an activating group) is 1. The van der Waals surface area contributed by atoms with Crippen LogP contribution in [-0.4, -0.2) is 35.8 Å². The molecule has 3 nitrogen and oxygen atoms in total. The average molecular weight is 384 g/mol. The fourth-order valence-electron chi connectivity index (χ4n) is 3.60. The standard InChI is InChI=1S/C22H19F3N2O/c1-27-6-4-14(5-7-27)18-12-26-20-3-2-13(8-16(18)20)9-21(28)17-10-15(23)11-19(24)22(17)25/h2-4,8,10-12,26H,5-7,9H2,1H3. The summed E-state index contributed by atoms with van der Waals surface area (Å²) in [6.07, 6.45) is 4.94. The number of carbonyl (C=O) groups is 1. The van der Waals surface area contributed by atoms with Gasteiger partial charge in [-0.2, -0.15) is 0 Å². The van der Waals surface area contributed by atoms with Crippen LogP contribution in [0.5, 0.6) is 0 Å². The van der Waals surface area contributed by atoms with E-state index in [0.29, 0.717) is 11.6 Å². The lowest BCUT2D eigenvalue weighted by atomic mass is 9.96. The van der Waals surface area contributed by atoms with Crippen LogP contribution < -0.4 is 0 Å². The largest absolute Gasteiger partial charge is 0.361 e. The highest BCUT2D eigenvalue weighted by Crippen LogP contribution is 2.30. The summed E-state index contributed by atoms with van der Waals surface area (Å²) in [7, 11) is 2.07. The number of hydrogen-bond acceptors (Lipinski definition) is 2. The van der Waals surface area contributed by atoms with Crippen LogP contribution in [0.2, 0.25) is 0 Å². The van der Waals surface area contributed by atoms with Gasteiger partial charge >= 0.3 is 0 Å². The molecule has 4 rings (SSSR count). The second kappa shape index (κ2) is 7.28. The van der Waals surface area contributed by atoms with Gasteiger partial charge in [-0.05, 0) is 42.8 Å². The Balaban J connectivity index is 1.65. The van der Waals surface area contributed by atoms with Crippen LogP contribution in [0.25, 0.3) is 16.5 Å². The number of nitrogens with one attached hydrogen (secondary N) is 1. The summed E-state index contributed by atoms with van der Waals surface area (Å²) in [5, 5.41) is 0.979. The zero-order valence-corrected chi connectivity index (χ0v) is 15.4. The Kier molecular flexibility index (Phi) is 4.81. The van der Waals surface area contributed by atoms with E-state index >= 15 is 0 Å². The number of fused-ring (bicyclic) bond motifs is 1. The third kappa shape index (κ3) is 3.47. The molecule has 0 atom stereocenters. The van der Waals surface area contributed by atoms with Crippen molar-refractivity contribution in [2.75, 3.05) is 20.1 Å². The molecule has 3 aromatic rings. The van der Waals surface area contributed by atoms with Crippen molar-refractivity contribution >= 4 is 22.3 Å². The van der Waals surface area contributed by atoms with Gasteiger partial charge in [0.1, 0.15) is 5.82 Å². The van der Waals surface area contributed by atoms with E-state index in [1.807, 2.05) is 18.3 Å². The van der Waals surface area contributed by atoms with Crippen LogP contribution in [0.4, 0.5) is 13.2 Å². The molecule has 0 aliphatic carbocycles. The quantitative estimate of drug-likeness (QED) is 0.522. The highest BCUT2D eigenvalue weighted by molar-refractivity contribution is 5.99. The molecule has 0 saturated heterocycles. The maximum Gasteiger partial charge on any atom is 0.170 e. The van der Waals surface area contributed by atoms with E-state index in [1.54, 1.807) is 6.07 Å². The fraction of sp³-hybridized carbons (Fsp3) is 0.227. The summed E-state index contributed by atoms with van der Waals surface area (Å²) >= 11 is 0. The van der Waals surface area contributed by atoms with Crippen LogP contribution in [-0.2, 0) is 6.42 Å². The van der Waals surface area contributed by atoms with Crippen molar-refractivity contribution in [3.05, 3.63) is 76.7 Å². The van der Waals surface area contributed by atoms with Crippen LogP contribution >= 0.6 is 0 Å². The number of aromatic nitrogens is 1. The van der Waals surface area contributed by atoms with Gasteiger partial charge in [0.05, 0.1) is 5.56 Å². The first-order chi connectivity index (χ1) is 13.4. The van der Waals surface area contributed by atoms with E-state index in [-0.39, 0.29) is 6.42 Å². The van der Waals surface area contributed by atoms with Gasteiger partial charge in [0.25, 0.3) is 0 Å². The average Bonchev–Trinajstić information content (AvgIpc) is 3.08. The Morgan fingerprint density at radius 2 is 2.00 bits per heavy atom. The first-order valence-corrected chi connectivity index (χ1v) is 9.08. The Bertz CT molecular complexity index is 1100. The molecular formula is C22H19F3N2O. The van der Waals surface area contributed by atoms with Gasteiger partial charge < -0.3 is 9.88 Å². The van der Waals surface area contributed by atoms with Crippen LogP contribution in [0.15, 0.2) is 42.6 Å². The normalized spacial score (nSPS) is 15.1. The lowest BCUT2D eigenvalue weighted by Crippen LogP contribution is -2.23. The number of ketones is 1. The third-order valence-corrected chi connectivity index (χ3v) is 5.16. The molecule has 144 valence electrons. The lowest BCUT2D eigenvalue weighted by molar-refractivity contribution is 0.0987. The molecule has 0 fully saturated rings. The van der Waals surface area contributed by atoms with Crippen LogP contribution in [0.3, 0.4) is 0 Å². The molecule has 6 heteroatoms. The molecular weight excluding hydrogens is 365 g/mol. The third-order valence-electron chi connectivity index (χ3n) is 5.16. The topological polar surface area (TPSA) is 36.1 Å². The predicted molar refractivity (Wildman–Crippen MR) is 103 cm³/mol. The molecule has 0 unspecified atom stereocenters. The van der Waals surface area contributed by atoms with Gasteiger partial charge in [0.15, 0.2) is 17.4 Å². The van der Waals surface area contributed by atoms with E-state index in [9.17, 15) is 18.0 Å². The van der Waals surface area contributed by atoms with Gasteiger partial charge in [-0.3, -0.25) is 4.79 Å². The highest BCUT2D eigenvalue weighted by atomic mass is 19.2. The van der Waals surface area contributed by atoms with Crippen molar-refractivity contribution in [1.82, 2.24) is 9.88 Å². The van der Waals surface area contributed by atoms with Gasteiger partial charge in [0.2, 0.25) is 0 Å². The number of benzene rings is 2. The minimum absolute atomic E-state index is 0.137. The Morgan fingerprint density at radius 3 is 2.75 bits per heavy atom. The number of rotatable bonds is 4. The summed E-state index contributed by atoms with van der Waals surface area (Å²) < 4.78 is 40.7.